The van der Waals surface area contributed by atoms with Crippen molar-refractivity contribution in [2.75, 3.05) is 5.32 Å². The van der Waals surface area contributed by atoms with E-state index in [2.05, 4.69) is 10.5 Å². The lowest BCUT2D eigenvalue weighted by molar-refractivity contribution is -0.115. The van der Waals surface area contributed by atoms with Crippen LogP contribution in [0.2, 0.25) is 5.02 Å². The second-order valence-electron chi connectivity index (χ2n) is 4.98. The van der Waals surface area contributed by atoms with E-state index in [1.54, 1.807) is 0 Å². The van der Waals surface area contributed by atoms with E-state index < -0.39 is 5.82 Å². The number of rotatable bonds is 3. The number of nitrogens with one attached hydrogen (secondary N) is 1. The van der Waals surface area contributed by atoms with Gasteiger partial charge in [0.1, 0.15) is 11.5 Å². The molecular formula is C16H12ClFN2O2. The van der Waals surface area contributed by atoms with E-state index in [1.807, 2.05) is 25.1 Å². The molecule has 0 spiro atoms. The monoisotopic (exact) mass is 318 g/mol. The molecule has 0 saturated carbocycles. The molecule has 0 radical (unpaired) electrons. The topological polar surface area (TPSA) is 55.1 Å². The van der Waals surface area contributed by atoms with Crippen molar-refractivity contribution >= 4 is 34.2 Å². The molecule has 0 aliphatic heterocycles. The van der Waals surface area contributed by atoms with Crippen molar-refractivity contribution in [3.63, 3.8) is 0 Å². The maximum atomic E-state index is 13.1. The minimum atomic E-state index is -0.530. The largest absolute Gasteiger partial charge is 0.356 e. The summed E-state index contributed by atoms with van der Waals surface area (Å²) < 4.78 is 18.3. The van der Waals surface area contributed by atoms with E-state index >= 15 is 0 Å². The highest BCUT2D eigenvalue weighted by Gasteiger charge is 2.13. The summed E-state index contributed by atoms with van der Waals surface area (Å²) in [4.78, 5) is 12.1. The van der Waals surface area contributed by atoms with Gasteiger partial charge in [-0.05, 0) is 37.3 Å². The molecule has 22 heavy (non-hydrogen) atoms. The molecule has 0 saturated heterocycles. The van der Waals surface area contributed by atoms with Gasteiger partial charge in [-0.15, -0.1) is 0 Å². The predicted molar refractivity (Wildman–Crippen MR) is 82.5 cm³/mol. The van der Waals surface area contributed by atoms with Crippen molar-refractivity contribution in [3.05, 3.63) is 58.5 Å². The van der Waals surface area contributed by atoms with Gasteiger partial charge in [-0.25, -0.2) is 4.39 Å². The fourth-order valence-electron chi connectivity index (χ4n) is 2.16. The molecule has 4 nitrogen and oxygen atoms in total. The average Bonchev–Trinajstić information content (AvgIpc) is 2.85. The van der Waals surface area contributed by atoms with Gasteiger partial charge in [0.15, 0.2) is 5.58 Å². The van der Waals surface area contributed by atoms with Crippen LogP contribution >= 0.6 is 11.6 Å². The molecule has 112 valence electrons. The van der Waals surface area contributed by atoms with Crippen LogP contribution in [0, 0.1) is 12.7 Å². The van der Waals surface area contributed by atoms with Crippen molar-refractivity contribution in [3.8, 4) is 0 Å². The van der Waals surface area contributed by atoms with Crippen LogP contribution < -0.4 is 5.32 Å². The molecule has 0 atom stereocenters. The molecule has 0 aliphatic carbocycles. The Morgan fingerprint density at radius 1 is 1.32 bits per heavy atom. The van der Waals surface area contributed by atoms with E-state index in [-0.39, 0.29) is 17.4 Å². The number of nitrogens with zero attached hydrogens (tertiary/aromatic N) is 1. The normalized spacial score (nSPS) is 10.9. The van der Waals surface area contributed by atoms with Crippen LogP contribution in [0.3, 0.4) is 0 Å². The Balaban J connectivity index is 1.78. The maximum absolute atomic E-state index is 13.1. The zero-order chi connectivity index (χ0) is 15.7. The van der Waals surface area contributed by atoms with E-state index in [4.69, 9.17) is 16.1 Å². The van der Waals surface area contributed by atoms with E-state index in [0.29, 0.717) is 17.0 Å². The number of hydrogen-bond acceptors (Lipinski definition) is 3. The Morgan fingerprint density at radius 3 is 2.91 bits per heavy atom. The Labute approximate surface area is 130 Å². The minimum absolute atomic E-state index is 0.0414. The number of amides is 1. The van der Waals surface area contributed by atoms with E-state index in [0.717, 1.165) is 10.9 Å². The number of aryl methyl sites for hydroxylation is 1. The summed E-state index contributed by atoms with van der Waals surface area (Å²) in [7, 11) is 0. The third-order valence-electron chi connectivity index (χ3n) is 3.23. The molecule has 3 rings (SSSR count). The molecule has 1 aromatic heterocycles. The standard InChI is InChI=1S/C16H12ClFN2O2/c1-9-2-5-15-11(6-9)14(20-22-15)8-16(21)19-10-3-4-13(18)12(17)7-10/h2-7H,8H2,1H3,(H,19,21). The molecule has 0 unspecified atom stereocenters. The van der Waals surface area contributed by atoms with Crippen molar-refractivity contribution in [1.82, 2.24) is 5.16 Å². The van der Waals surface area contributed by atoms with E-state index in [1.165, 1.54) is 18.2 Å². The Morgan fingerprint density at radius 2 is 2.14 bits per heavy atom. The molecule has 3 aromatic rings. The smallest absolute Gasteiger partial charge is 0.230 e. The first-order chi connectivity index (χ1) is 10.5. The van der Waals surface area contributed by atoms with Crippen LogP contribution in [0.25, 0.3) is 11.0 Å². The van der Waals surface area contributed by atoms with Crippen LogP contribution in [-0.4, -0.2) is 11.1 Å². The fourth-order valence-corrected chi connectivity index (χ4v) is 2.34. The van der Waals surface area contributed by atoms with Gasteiger partial charge in [-0.2, -0.15) is 0 Å². The van der Waals surface area contributed by atoms with Crippen LogP contribution in [0.4, 0.5) is 10.1 Å². The van der Waals surface area contributed by atoms with Gasteiger partial charge in [-0.3, -0.25) is 4.79 Å². The summed E-state index contributed by atoms with van der Waals surface area (Å²) in [5.74, 6) is -0.808. The quantitative estimate of drug-likeness (QED) is 0.790. The third-order valence-corrected chi connectivity index (χ3v) is 3.52. The van der Waals surface area contributed by atoms with Gasteiger partial charge in [0.25, 0.3) is 0 Å². The van der Waals surface area contributed by atoms with Crippen LogP contribution in [-0.2, 0) is 11.2 Å². The van der Waals surface area contributed by atoms with Gasteiger partial charge >= 0.3 is 0 Å². The number of aromatic nitrogens is 1. The third kappa shape index (κ3) is 2.94. The SMILES string of the molecule is Cc1ccc2onc(CC(=O)Nc3ccc(F)c(Cl)c3)c2c1. The van der Waals surface area contributed by atoms with Crippen molar-refractivity contribution in [2.45, 2.75) is 13.3 Å². The van der Waals surface area contributed by atoms with Gasteiger partial charge < -0.3 is 9.84 Å². The van der Waals surface area contributed by atoms with Gasteiger partial charge in [0.2, 0.25) is 5.91 Å². The second kappa shape index (κ2) is 5.77. The first-order valence-corrected chi connectivity index (χ1v) is 7.00. The van der Waals surface area contributed by atoms with Crippen LogP contribution in [0.5, 0.6) is 0 Å². The summed E-state index contributed by atoms with van der Waals surface area (Å²) in [5.41, 5.74) is 2.69. The molecule has 0 bridgehead atoms. The summed E-state index contributed by atoms with van der Waals surface area (Å²) in [6, 6.07) is 9.66. The summed E-state index contributed by atoms with van der Waals surface area (Å²) in [5, 5.41) is 7.35. The zero-order valence-electron chi connectivity index (χ0n) is 11.7. The van der Waals surface area contributed by atoms with Crippen LogP contribution in [0.15, 0.2) is 40.9 Å². The van der Waals surface area contributed by atoms with Crippen molar-refractivity contribution < 1.29 is 13.7 Å². The Bertz CT molecular complexity index is 860. The summed E-state index contributed by atoms with van der Waals surface area (Å²) in [6.07, 6.45) is 0.0610. The highest BCUT2D eigenvalue weighted by Crippen LogP contribution is 2.22. The number of benzene rings is 2. The van der Waals surface area contributed by atoms with Gasteiger partial charge in [-0.1, -0.05) is 28.4 Å². The molecule has 0 fully saturated rings. The summed E-state index contributed by atoms with van der Waals surface area (Å²) >= 11 is 5.68. The first-order valence-electron chi connectivity index (χ1n) is 6.63. The fraction of sp³-hybridized carbons (Fsp3) is 0.125. The predicted octanol–water partition coefficient (Wildman–Crippen LogP) is 4.11. The Hall–Kier alpha value is -2.40. The van der Waals surface area contributed by atoms with Gasteiger partial charge in [0.05, 0.1) is 11.4 Å². The lowest BCUT2D eigenvalue weighted by Gasteiger charge is -2.05. The maximum Gasteiger partial charge on any atom is 0.230 e. The highest BCUT2D eigenvalue weighted by molar-refractivity contribution is 6.31. The lowest BCUT2D eigenvalue weighted by atomic mass is 10.1. The molecule has 1 heterocycles. The number of fused-ring (bicyclic) bond motifs is 1. The van der Waals surface area contributed by atoms with Gasteiger partial charge in [0, 0.05) is 11.1 Å². The van der Waals surface area contributed by atoms with Crippen molar-refractivity contribution in [2.24, 2.45) is 0 Å². The number of anilines is 1. The lowest BCUT2D eigenvalue weighted by Crippen LogP contribution is -2.14. The number of carbonyl (C=O) groups is 1. The molecule has 1 amide bonds. The number of hydrogen-bond donors (Lipinski definition) is 1. The molecular weight excluding hydrogens is 307 g/mol. The minimum Gasteiger partial charge on any atom is -0.356 e. The zero-order valence-corrected chi connectivity index (χ0v) is 12.4. The number of halogens is 2. The van der Waals surface area contributed by atoms with Crippen LogP contribution in [0.1, 0.15) is 11.3 Å². The molecule has 2 aromatic carbocycles. The highest BCUT2D eigenvalue weighted by atomic mass is 35.5. The molecule has 0 aliphatic rings. The van der Waals surface area contributed by atoms with E-state index in [9.17, 15) is 9.18 Å². The molecule has 1 N–H and O–H groups in total. The summed E-state index contributed by atoms with van der Waals surface area (Å²) in [6.45, 7) is 1.96. The number of carbonyl (C=O) groups excluding carboxylic acids is 1. The average molecular weight is 319 g/mol. The first kappa shape index (κ1) is 14.5. The Kier molecular flexibility index (Phi) is 3.81. The molecule has 6 heteroatoms. The van der Waals surface area contributed by atoms with Crippen molar-refractivity contribution in [1.29, 1.82) is 0 Å². The second-order valence-corrected chi connectivity index (χ2v) is 5.39.